The van der Waals surface area contributed by atoms with Crippen LogP contribution in [0.25, 0.3) is 0 Å². The van der Waals surface area contributed by atoms with Gasteiger partial charge in [-0.15, -0.1) is 0 Å². The van der Waals surface area contributed by atoms with Crippen molar-refractivity contribution in [3.05, 3.63) is 0 Å². The van der Waals surface area contributed by atoms with E-state index in [9.17, 15) is 4.21 Å². The zero-order valence-electron chi connectivity index (χ0n) is 10.5. The molecule has 0 radical (unpaired) electrons. The molecule has 3 atom stereocenters. The minimum atomic E-state index is -0.673. The van der Waals surface area contributed by atoms with Crippen LogP contribution in [0.4, 0.5) is 0 Å². The summed E-state index contributed by atoms with van der Waals surface area (Å²) < 4.78 is 11.2. The number of hydrogen-bond donors (Lipinski definition) is 1. The average Bonchev–Trinajstić information content (AvgIpc) is 2.45. The van der Waals surface area contributed by atoms with Crippen molar-refractivity contribution < 1.29 is 4.21 Å². The molecule has 15 heavy (non-hydrogen) atoms. The first-order valence-corrected chi connectivity index (χ1v) is 7.61. The van der Waals surface area contributed by atoms with Crippen molar-refractivity contribution in [1.82, 2.24) is 5.32 Å². The largest absolute Gasteiger partial charge is 0.313 e. The first-order valence-electron chi connectivity index (χ1n) is 5.99. The fourth-order valence-electron chi connectivity index (χ4n) is 2.33. The highest BCUT2D eigenvalue weighted by atomic mass is 32.2. The summed E-state index contributed by atoms with van der Waals surface area (Å²) in [5.41, 5.74) is 0.453. The van der Waals surface area contributed by atoms with Crippen LogP contribution in [0, 0.1) is 5.41 Å². The van der Waals surface area contributed by atoms with Gasteiger partial charge in [-0.05, 0) is 31.2 Å². The van der Waals surface area contributed by atoms with E-state index in [2.05, 4.69) is 26.1 Å². The second kappa shape index (κ2) is 5.44. The predicted molar refractivity (Wildman–Crippen MR) is 67.6 cm³/mol. The summed E-state index contributed by atoms with van der Waals surface area (Å²) >= 11 is 0. The van der Waals surface area contributed by atoms with Gasteiger partial charge in [-0.1, -0.05) is 27.2 Å². The third-order valence-electron chi connectivity index (χ3n) is 3.77. The lowest BCUT2D eigenvalue weighted by Gasteiger charge is -2.28. The van der Waals surface area contributed by atoms with E-state index in [0.717, 1.165) is 13.0 Å². The Hall–Kier alpha value is 0.110. The third kappa shape index (κ3) is 3.87. The van der Waals surface area contributed by atoms with Crippen molar-refractivity contribution >= 4 is 10.8 Å². The monoisotopic (exact) mass is 231 g/mol. The molecule has 1 rings (SSSR count). The fraction of sp³-hybridized carbons (Fsp3) is 1.00. The first kappa shape index (κ1) is 13.2. The second-order valence-corrected chi connectivity index (χ2v) is 7.29. The van der Waals surface area contributed by atoms with Crippen LogP contribution in [0.15, 0.2) is 0 Å². The second-order valence-electron chi connectivity index (χ2n) is 5.49. The molecule has 1 aliphatic carbocycles. The van der Waals surface area contributed by atoms with Crippen LogP contribution in [0.1, 0.15) is 46.5 Å². The van der Waals surface area contributed by atoms with E-state index in [-0.39, 0.29) is 0 Å². The number of hydrogen-bond acceptors (Lipinski definition) is 2. The van der Waals surface area contributed by atoms with Gasteiger partial charge in [0.25, 0.3) is 0 Å². The molecule has 1 N–H and O–H groups in total. The Bertz CT molecular complexity index is 228. The van der Waals surface area contributed by atoms with Crippen LogP contribution in [0.3, 0.4) is 0 Å². The Morgan fingerprint density at radius 1 is 1.53 bits per heavy atom. The zero-order valence-corrected chi connectivity index (χ0v) is 11.3. The van der Waals surface area contributed by atoms with Crippen LogP contribution >= 0.6 is 0 Å². The summed E-state index contributed by atoms with van der Waals surface area (Å²) in [6, 6.07) is 0.662. The average molecular weight is 231 g/mol. The summed E-state index contributed by atoms with van der Waals surface area (Å²) in [6.45, 7) is 7.77. The van der Waals surface area contributed by atoms with Crippen molar-refractivity contribution in [3.8, 4) is 0 Å². The molecule has 0 unspecified atom stereocenters. The lowest BCUT2D eigenvalue weighted by molar-refractivity contribution is 0.283. The lowest BCUT2D eigenvalue weighted by atomic mass is 9.87. The minimum absolute atomic E-state index is 0.321. The van der Waals surface area contributed by atoms with E-state index < -0.39 is 10.8 Å². The molecule has 0 amide bonds. The van der Waals surface area contributed by atoms with Gasteiger partial charge >= 0.3 is 0 Å². The molecule has 0 spiro atoms. The lowest BCUT2D eigenvalue weighted by Crippen LogP contribution is -2.39. The van der Waals surface area contributed by atoms with Crippen molar-refractivity contribution in [2.75, 3.05) is 12.8 Å². The minimum Gasteiger partial charge on any atom is -0.313 e. The van der Waals surface area contributed by atoms with Gasteiger partial charge in [0.2, 0.25) is 0 Å². The number of nitrogens with one attached hydrogen (secondary N) is 1. The van der Waals surface area contributed by atoms with E-state index in [1.165, 1.54) is 19.3 Å². The van der Waals surface area contributed by atoms with Crippen LogP contribution in [-0.4, -0.2) is 28.3 Å². The maximum Gasteiger partial charge on any atom is 0.0329 e. The van der Waals surface area contributed by atoms with Gasteiger partial charge in [-0.25, -0.2) is 0 Å². The molecule has 0 aromatic carbocycles. The molecule has 0 heterocycles. The molecule has 0 aliphatic heterocycles. The van der Waals surface area contributed by atoms with Gasteiger partial charge in [0.15, 0.2) is 0 Å². The maximum absolute atomic E-state index is 11.2. The zero-order chi connectivity index (χ0) is 11.5. The smallest absolute Gasteiger partial charge is 0.0329 e. The highest BCUT2D eigenvalue weighted by Gasteiger charge is 2.33. The molecule has 1 fully saturated rings. The van der Waals surface area contributed by atoms with Crippen molar-refractivity contribution in [2.24, 2.45) is 5.41 Å². The highest BCUT2D eigenvalue weighted by molar-refractivity contribution is 7.84. The SMILES string of the molecule is C[C@H](CCN[C@@H]1CCCC1(C)C)[S@@](C)=O. The Morgan fingerprint density at radius 3 is 2.67 bits per heavy atom. The van der Waals surface area contributed by atoms with Gasteiger partial charge < -0.3 is 5.32 Å². The molecular weight excluding hydrogens is 206 g/mol. The normalized spacial score (nSPS) is 28.9. The van der Waals surface area contributed by atoms with Gasteiger partial charge in [0.1, 0.15) is 0 Å². The molecular formula is C12H25NOS. The van der Waals surface area contributed by atoms with Crippen molar-refractivity contribution in [3.63, 3.8) is 0 Å². The van der Waals surface area contributed by atoms with Crippen LogP contribution in [0.2, 0.25) is 0 Å². The molecule has 1 aliphatic rings. The van der Waals surface area contributed by atoms with Gasteiger partial charge in [-0.2, -0.15) is 0 Å². The highest BCUT2D eigenvalue weighted by Crippen LogP contribution is 2.37. The summed E-state index contributed by atoms with van der Waals surface area (Å²) in [5.74, 6) is 0. The molecule has 0 bridgehead atoms. The topological polar surface area (TPSA) is 29.1 Å². The standard InChI is InChI=1S/C12H25NOS/c1-10(15(4)14)7-9-13-11-6-5-8-12(11,2)3/h10-11,13H,5-9H2,1-4H3/t10-,11-,15-/m1/s1. The Labute approximate surface area is 96.7 Å². The molecule has 90 valence electrons. The van der Waals surface area contributed by atoms with E-state index in [1.807, 2.05) is 0 Å². The first-order chi connectivity index (χ1) is 6.93. The summed E-state index contributed by atoms with van der Waals surface area (Å²) in [7, 11) is -0.673. The summed E-state index contributed by atoms with van der Waals surface area (Å²) in [6.07, 6.45) is 6.80. The molecule has 1 saturated carbocycles. The van der Waals surface area contributed by atoms with Crippen molar-refractivity contribution in [1.29, 1.82) is 0 Å². The third-order valence-corrected chi connectivity index (χ3v) is 5.13. The van der Waals surface area contributed by atoms with E-state index in [1.54, 1.807) is 6.26 Å². The Kier molecular flexibility index (Phi) is 4.78. The Morgan fingerprint density at radius 2 is 2.20 bits per heavy atom. The van der Waals surface area contributed by atoms with E-state index >= 15 is 0 Å². The fourth-order valence-corrected chi connectivity index (χ4v) is 2.78. The van der Waals surface area contributed by atoms with Crippen LogP contribution < -0.4 is 5.32 Å². The summed E-state index contributed by atoms with van der Waals surface area (Å²) in [4.78, 5) is 0. The van der Waals surface area contributed by atoms with Gasteiger partial charge in [-0.3, -0.25) is 4.21 Å². The van der Waals surface area contributed by atoms with E-state index in [0.29, 0.717) is 16.7 Å². The van der Waals surface area contributed by atoms with Crippen LogP contribution in [-0.2, 0) is 10.8 Å². The predicted octanol–water partition coefficient (Wildman–Crippen LogP) is 2.31. The quantitative estimate of drug-likeness (QED) is 0.787. The Balaban J connectivity index is 2.23. The maximum atomic E-state index is 11.2. The van der Waals surface area contributed by atoms with Crippen molar-refractivity contribution in [2.45, 2.75) is 57.7 Å². The van der Waals surface area contributed by atoms with Gasteiger partial charge in [0, 0.05) is 28.3 Å². The molecule has 2 nitrogen and oxygen atoms in total. The molecule has 0 saturated heterocycles. The molecule has 0 aromatic heterocycles. The van der Waals surface area contributed by atoms with E-state index in [4.69, 9.17) is 0 Å². The molecule has 3 heteroatoms. The summed E-state index contributed by atoms with van der Waals surface area (Å²) in [5, 5.41) is 3.94. The van der Waals surface area contributed by atoms with Crippen LogP contribution in [0.5, 0.6) is 0 Å². The van der Waals surface area contributed by atoms with Gasteiger partial charge in [0.05, 0.1) is 0 Å². The molecule has 0 aromatic rings. The number of rotatable bonds is 5.